The standard InChI is InChI=1S/C22H28N4.C17H24N4.C9H7NO.Li/c1-23-17-11-5-6-12-18(17)24(2)21(23)15-9-10-16-22(21)25(3)19-13-7-8-14-20(19)26(22)4;1-18(2)14-6-10-20-8-5-9-21-11-7-15(19(3)4)13-17(21)16(20)12-14;11-8-5-1-3-7-4-2-6-10-9(7)8;/h5-8,11-14H,9-10,15-16H2,1-4H3;6-7,10-13H,5,8-9H2,1-4H3;1-6,11H;/q;;;+1. The van der Waals surface area contributed by atoms with Gasteiger partial charge in [-0.1, -0.05) is 36.4 Å². The molecule has 2 spiro atoms. The Morgan fingerprint density at radius 2 is 0.983 bits per heavy atom. The zero-order chi connectivity index (χ0) is 40.8. The van der Waals surface area contributed by atoms with E-state index in [-0.39, 0.29) is 35.9 Å². The molecular weight excluding hydrogens is 726 g/mol. The Balaban J connectivity index is 0.000000143. The van der Waals surface area contributed by atoms with Crippen LogP contribution in [0.1, 0.15) is 32.1 Å². The Labute approximate surface area is 363 Å². The fourth-order valence-corrected chi connectivity index (χ4v) is 10.2. The molecule has 6 aliphatic rings. The number of pyridine rings is 1. The molecule has 1 fully saturated rings. The Morgan fingerprint density at radius 1 is 0.559 bits per heavy atom. The van der Waals surface area contributed by atoms with Crippen molar-refractivity contribution in [1.29, 1.82) is 0 Å². The molecule has 302 valence electrons. The fourth-order valence-electron chi connectivity index (χ4n) is 10.2. The number of allylic oxidation sites excluding steroid dienone is 4. The molecule has 1 aromatic heterocycles. The molecule has 1 N–H and O–H groups in total. The van der Waals surface area contributed by atoms with Gasteiger partial charge in [0, 0.05) is 105 Å². The van der Waals surface area contributed by atoms with Gasteiger partial charge in [0.1, 0.15) is 0 Å². The summed E-state index contributed by atoms with van der Waals surface area (Å²) in [7, 11) is 17.5. The van der Waals surface area contributed by atoms with E-state index in [1.54, 1.807) is 18.3 Å². The van der Waals surface area contributed by atoms with Crippen molar-refractivity contribution in [2.75, 3.05) is 89.1 Å². The first kappa shape index (κ1) is 41.7. The Bertz CT molecular complexity index is 2150. The van der Waals surface area contributed by atoms with E-state index in [2.05, 4.69) is 186 Å². The van der Waals surface area contributed by atoms with Gasteiger partial charge in [0.2, 0.25) is 5.52 Å². The Hall–Kier alpha value is -5.43. The first-order valence-electron chi connectivity index (χ1n) is 20.6. The Morgan fingerprint density at radius 3 is 1.39 bits per heavy atom. The maximum atomic E-state index is 11.1. The minimum atomic E-state index is -0.0859. The minimum absolute atomic E-state index is 0. The number of fused-ring (bicyclic) bond motifs is 6. The van der Waals surface area contributed by atoms with Crippen molar-refractivity contribution in [2.45, 2.75) is 43.4 Å². The van der Waals surface area contributed by atoms with E-state index < -0.39 is 0 Å². The molecule has 5 aliphatic heterocycles. The zero-order valence-electron chi connectivity index (χ0n) is 36.5. The number of nitrogens with one attached hydrogen (secondary N) is 1. The van der Waals surface area contributed by atoms with Crippen molar-refractivity contribution in [3.05, 3.63) is 145 Å². The van der Waals surface area contributed by atoms with Crippen LogP contribution in [0.5, 0.6) is 5.75 Å². The number of para-hydroxylation sites is 5. The van der Waals surface area contributed by atoms with Crippen LogP contribution >= 0.6 is 0 Å². The number of anilines is 4. The molecule has 11 heteroatoms. The van der Waals surface area contributed by atoms with E-state index in [1.165, 1.54) is 58.4 Å². The molecule has 0 atom stereocenters. The summed E-state index contributed by atoms with van der Waals surface area (Å²) in [5, 5.41) is 12.1. The molecule has 1 saturated carbocycles. The van der Waals surface area contributed by atoms with E-state index in [4.69, 9.17) is 0 Å². The van der Waals surface area contributed by atoms with Gasteiger partial charge in [0.15, 0.2) is 17.5 Å². The van der Waals surface area contributed by atoms with Crippen LogP contribution in [-0.4, -0.2) is 100 Å². The molecular formula is C48H59LiN9O+. The SMILES string of the molecule is CN(C)C1=CC2=C3C=C(N(C)C)C=CN3CCCN2C=C1.CN1c2ccccc2N(C)C12CCCCC21N(C)c2ccccc2N1C.[Li+].[O-]c1cccc2ccc[nH+]c12. The van der Waals surface area contributed by atoms with Gasteiger partial charge in [-0.25, -0.2) is 4.98 Å². The van der Waals surface area contributed by atoms with Crippen LogP contribution in [0.2, 0.25) is 0 Å². The second-order valence-corrected chi connectivity index (χ2v) is 16.5. The fraction of sp³-hybridized carbons (Fsp3) is 0.354. The number of hydrogen-bond donors (Lipinski definition) is 0. The van der Waals surface area contributed by atoms with Gasteiger partial charge < -0.3 is 44.3 Å². The van der Waals surface area contributed by atoms with Crippen molar-refractivity contribution in [1.82, 2.24) is 19.6 Å². The quantitative estimate of drug-likeness (QED) is 0.281. The van der Waals surface area contributed by atoms with Crippen LogP contribution in [0.15, 0.2) is 145 Å². The molecule has 4 aromatic rings. The summed E-state index contributed by atoms with van der Waals surface area (Å²) >= 11 is 0. The molecule has 0 bridgehead atoms. The second kappa shape index (κ2) is 16.7. The first-order chi connectivity index (χ1) is 28.0. The van der Waals surface area contributed by atoms with Gasteiger partial charge in [-0.2, -0.15) is 0 Å². The van der Waals surface area contributed by atoms with E-state index in [9.17, 15) is 5.11 Å². The maximum absolute atomic E-state index is 11.1. The predicted octanol–water partition coefficient (Wildman–Crippen LogP) is 4.01. The summed E-state index contributed by atoms with van der Waals surface area (Å²) in [5.41, 5.74) is 10.9. The molecule has 10 rings (SSSR count). The van der Waals surface area contributed by atoms with Crippen molar-refractivity contribution in [3.8, 4) is 5.75 Å². The maximum Gasteiger partial charge on any atom is 1.00 e. The summed E-state index contributed by atoms with van der Waals surface area (Å²) < 4.78 is 0. The summed E-state index contributed by atoms with van der Waals surface area (Å²) in [6.45, 7) is 2.14. The van der Waals surface area contributed by atoms with Crippen LogP contribution < -0.4 is 48.6 Å². The number of aromatic nitrogens is 1. The summed E-state index contributed by atoms with van der Waals surface area (Å²) in [5.74, 6) is 0.0445. The number of nitrogens with zero attached hydrogens (tertiary/aromatic N) is 8. The smallest absolute Gasteiger partial charge is 0.868 e. The second-order valence-electron chi connectivity index (χ2n) is 16.5. The van der Waals surface area contributed by atoms with E-state index >= 15 is 0 Å². The van der Waals surface area contributed by atoms with Crippen LogP contribution in [-0.2, 0) is 0 Å². The number of rotatable bonds is 2. The van der Waals surface area contributed by atoms with E-state index in [1.807, 2.05) is 18.2 Å². The van der Waals surface area contributed by atoms with Crippen LogP contribution in [0.3, 0.4) is 0 Å². The summed E-state index contributed by atoms with van der Waals surface area (Å²) in [4.78, 5) is 22.2. The average Bonchev–Trinajstić information content (AvgIpc) is 3.47. The molecule has 0 radical (unpaired) electrons. The van der Waals surface area contributed by atoms with Crippen LogP contribution in [0.25, 0.3) is 10.9 Å². The zero-order valence-corrected chi connectivity index (χ0v) is 36.5. The van der Waals surface area contributed by atoms with Gasteiger partial charge in [0.05, 0.1) is 34.1 Å². The number of H-pyrrole nitrogens is 1. The number of hydrogen-bond acceptors (Lipinski definition) is 9. The topological polar surface area (TPSA) is 63.1 Å². The number of benzene rings is 3. The van der Waals surface area contributed by atoms with Gasteiger partial charge in [-0.15, -0.1) is 0 Å². The summed E-state index contributed by atoms with van der Waals surface area (Å²) in [6, 6.07) is 26.7. The van der Waals surface area contributed by atoms with Crippen LogP contribution in [0, 0.1) is 0 Å². The third-order valence-electron chi connectivity index (χ3n) is 13.2. The van der Waals surface area contributed by atoms with E-state index in [0.29, 0.717) is 5.52 Å². The molecule has 0 amide bonds. The average molecular weight is 785 g/mol. The van der Waals surface area contributed by atoms with Gasteiger partial charge in [-0.3, -0.25) is 0 Å². The van der Waals surface area contributed by atoms with Crippen molar-refractivity contribution < 1.29 is 29.0 Å². The third-order valence-corrected chi connectivity index (χ3v) is 13.2. The van der Waals surface area contributed by atoms with Crippen LogP contribution in [0.4, 0.5) is 22.7 Å². The van der Waals surface area contributed by atoms with Gasteiger partial charge in [-0.05, 0) is 98.6 Å². The number of aromatic amines is 1. The monoisotopic (exact) mass is 784 g/mol. The molecule has 0 saturated heterocycles. The van der Waals surface area contributed by atoms with Crippen molar-refractivity contribution in [3.63, 3.8) is 0 Å². The minimum Gasteiger partial charge on any atom is -0.868 e. The predicted molar refractivity (Wildman–Crippen MR) is 237 cm³/mol. The Kier molecular flexibility index (Phi) is 11.8. The molecule has 1 aliphatic carbocycles. The first-order valence-corrected chi connectivity index (χ1v) is 20.6. The van der Waals surface area contributed by atoms with Crippen molar-refractivity contribution >= 4 is 33.7 Å². The molecule has 3 aromatic carbocycles. The molecule has 6 heterocycles. The largest absolute Gasteiger partial charge is 1.00 e. The van der Waals surface area contributed by atoms with Gasteiger partial charge >= 0.3 is 18.9 Å². The summed E-state index contributed by atoms with van der Waals surface area (Å²) in [6.07, 6.45) is 21.2. The third kappa shape index (κ3) is 6.90. The van der Waals surface area contributed by atoms with Crippen molar-refractivity contribution in [2.24, 2.45) is 0 Å². The normalized spacial score (nSPS) is 19.1. The molecule has 10 nitrogen and oxygen atoms in total. The van der Waals surface area contributed by atoms with E-state index in [0.717, 1.165) is 37.7 Å². The van der Waals surface area contributed by atoms with Gasteiger partial charge in [0.25, 0.3) is 0 Å². The molecule has 0 unspecified atom stereocenters. The molecule has 59 heavy (non-hydrogen) atoms. The number of likely N-dealkylation sites (N-methyl/N-ethyl adjacent to an activating group) is 6.